The number of carbonyl (C=O) groups excluding carboxylic acids is 1. The van der Waals surface area contributed by atoms with Crippen molar-refractivity contribution in [2.45, 2.75) is 26.3 Å². The van der Waals surface area contributed by atoms with Crippen LogP contribution in [0.5, 0.6) is 0 Å². The Balaban J connectivity index is 2.40. The molecular weight excluding hydrogens is 206 g/mol. The molecule has 1 N–H and O–H groups in total. The Hall–Kier alpha value is -0.810. The van der Waals surface area contributed by atoms with E-state index in [-0.39, 0.29) is 5.54 Å². The third-order valence-corrected chi connectivity index (χ3v) is 2.88. The number of rotatable bonds is 3. The maximum Gasteiger partial charge on any atom is 0.137 e. The summed E-state index contributed by atoms with van der Waals surface area (Å²) in [6.07, 6.45) is -1.08. The zero-order chi connectivity index (χ0) is 12.2. The molecular formula is C11H22N3O2-. The van der Waals surface area contributed by atoms with E-state index in [0.717, 1.165) is 32.7 Å². The van der Waals surface area contributed by atoms with Gasteiger partial charge in [0.25, 0.3) is 0 Å². The standard InChI is InChI=1S/C11H23N3O2/c1-11(2,3)14(10(15)16)9-8-13-6-4-12-5-7-13/h12H,4-9H2,1-3H3,(H,15,16)/p-1. The van der Waals surface area contributed by atoms with Gasteiger partial charge in [-0.2, -0.15) is 0 Å². The summed E-state index contributed by atoms with van der Waals surface area (Å²) in [7, 11) is 0. The van der Waals surface area contributed by atoms with Crippen molar-refractivity contribution in [3.05, 3.63) is 0 Å². The van der Waals surface area contributed by atoms with Crippen LogP contribution in [-0.2, 0) is 0 Å². The lowest BCUT2D eigenvalue weighted by molar-refractivity contribution is -0.270. The van der Waals surface area contributed by atoms with Crippen molar-refractivity contribution in [1.29, 1.82) is 0 Å². The highest BCUT2D eigenvalue weighted by Gasteiger charge is 2.21. The highest BCUT2D eigenvalue weighted by atomic mass is 16.4. The summed E-state index contributed by atoms with van der Waals surface area (Å²) in [4.78, 5) is 14.7. The summed E-state index contributed by atoms with van der Waals surface area (Å²) in [6, 6.07) is 0. The lowest BCUT2D eigenvalue weighted by Crippen LogP contribution is -2.55. The molecule has 5 nitrogen and oxygen atoms in total. The molecule has 1 saturated heterocycles. The van der Waals surface area contributed by atoms with E-state index in [0.29, 0.717) is 6.54 Å². The number of nitrogens with zero attached hydrogens (tertiary/aromatic N) is 2. The van der Waals surface area contributed by atoms with Gasteiger partial charge in [0.2, 0.25) is 0 Å². The van der Waals surface area contributed by atoms with Crippen molar-refractivity contribution >= 4 is 6.09 Å². The van der Waals surface area contributed by atoms with E-state index in [1.807, 2.05) is 20.8 Å². The number of carbonyl (C=O) groups is 1. The first-order valence-electron chi connectivity index (χ1n) is 5.83. The summed E-state index contributed by atoms with van der Waals surface area (Å²) in [5.41, 5.74) is -0.382. The summed E-state index contributed by atoms with van der Waals surface area (Å²) in [5, 5.41) is 14.3. The Morgan fingerprint density at radius 3 is 2.38 bits per heavy atom. The van der Waals surface area contributed by atoms with E-state index in [4.69, 9.17) is 0 Å². The minimum absolute atomic E-state index is 0.382. The predicted octanol–water partition coefficient (Wildman–Crippen LogP) is -0.665. The van der Waals surface area contributed by atoms with Crippen molar-refractivity contribution in [2.24, 2.45) is 0 Å². The summed E-state index contributed by atoms with van der Waals surface area (Å²) < 4.78 is 0. The van der Waals surface area contributed by atoms with Crippen molar-refractivity contribution in [1.82, 2.24) is 15.1 Å². The quantitative estimate of drug-likeness (QED) is 0.696. The SMILES string of the molecule is CC(C)(C)N(CCN1CCNCC1)C(=O)[O-]. The number of carboxylic acid groups (broad SMARTS) is 1. The van der Waals surface area contributed by atoms with Crippen molar-refractivity contribution in [2.75, 3.05) is 39.3 Å². The number of amides is 1. The lowest BCUT2D eigenvalue weighted by atomic mass is 10.1. The highest BCUT2D eigenvalue weighted by molar-refractivity contribution is 5.63. The maximum absolute atomic E-state index is 11.0. The average Bonchev–Trinajstić information content (AvgIpc) is 2.17. The molecule has 0 saturated carbocycles. The zero-order valence-corrected chi connectivity index (χ0v) is 10.5. The minimum Gasteiger partial charge on any atom is -0.530 e. The molecule has 1 aliphatic rings. The molecule has 0 radical (unpaired) electrons. The predicted molar refractivity (Wildman–Crippen MR) is 61.2 cm³/mol. The largest absolute Gasteiger partial charge is 0.530 e. The molecule has 1 rings (SSSR count). The Kier molecular flexibility index (Phi) is 4.56. The van der Waals surface area contributed by atoms with Crippen LogP contribution in [0.3, 0.4) is 0 Å². The molecule has 0 aromatic heterocycles. The monoisotopic (exact) mass is 228 g/mol. The topological polar surface area (TPSA) is 58.6 Å². The van der Waals surface area contributed by atoms with Gasteiger partial charge in [-0.1, -0.05) is 0 Å². The first kappa shape index (κ1) is 13.3. The molecule has 16 heavy (non-hydrogen) atoms. The molecule has 0 spiro atoms. The number of piperazine rings is 1. The normalized spacial score (nSPS) is 18.4. The fraction of sp³-hybridized carbons (Fsp3) is 0.909. The van der Waals surface area contributed by atoms with Crippen LogP contribution in [0.4, 0.5) is 4.79 Å². The van der Waals surface area contributed by atoms with Gasteiger partial charge in [-0.15, -0.1) is 0 Å². The van der Waals surface area contributed by atoms with Crippen LogP contribution in [0.25, 0.3) is 0 Å². The third kappa shape index (κ3) is 3.98. The van der Waals surface area contributed by atoms with Crippen molar-refractivity contribution < 1.29 is 9.90 Å². The second kappa shape index (κ2) is 5.50. The molecule has 1 amide bonds. The fourth-order valence-electron chi connectivity index (χ4n) is 1.88. The van der Waals surface area contributed by atoms with Gasteiger partial charge in [-0.25, -0.2) is 0 Å². The zero-order valence-electron chi connectivity index (χ0n) is 10.5. The van der Waals surface area contributed by atoms with Crippen LogP contribution < -0.4 is 10.4 Å². The Bertz CT molecular complexity index is 232. The van der Waals surface area contributed by atoms with E-state index >= 15 is 0 Å². The highest BCUT2D eigenvalue weighted by Crippen LogP contribution is 2.12. The first-order valence-corrected chi connectivity index (χ1v) is 5.83. The van der Waals surface area contributed by atoms with Gasteiger partial charge in [0.1, 0.15) is 6.09 Å². The molecule has 0 aliphatic carbocycles. The molecule has 0 unspecified atom stereocenters. The first-order chi connectivity index (χ1) is 7.41. The van der Waals surface area contributed by atoms with Crippen LogP contribution in [0, 0.1) is 0 Å². The molecule has 0 aromatic rings. The van der Waals surface area contributed by atoms with Gasteiger partial charge in [0, 0.05) is 44.8 Å². The van der Waals surface area contributed by atoms with Crippen LogP contribution in [0.2, 0.25) is 0 Å². The second-order valence-corrected chi connectivity index (χ2v) is 5.18. The number of hydrogen-bond donors (Lipinski definition) is 1. The Labute approximate surface area is 97.4 Å². The van der Waals surface area contributed by atoms with E-state index in [1.54, 1.807) is 0 Å². The molecule has 94 valence electrons. The summed E-state index contributed by atoms with van der Waals surface area (Å²) in [6.45, 7) is 10.9. The van der Waals surface area contributed by atoms with Gasteiger partial charge in [-0.05, 0) is 20.8 Å². The fourth-order valence-corrected chi connectivity index (χ4v) is 1.88. The van der Waals surface area contributed by atoms with E-state index < -0.39 is 6.09 Å². The van der Waals surface area contributed by atoms with E-state index in [1.165, 1.54) is 4.90 Å². The maximum atomic E-state index is 11.0. The molecule has 0 aromatic carbocycles. The van der Waals surface area contributed by atoms with Gasteiger partial charge in [0.15, 0.2) is 0 Å². The van der Waals surface area contributed by atoms with Crippen molar-refractivity contribution in [3.63, 3.8) is 0 Å². The molecule has 1 aliphatic heterocycles. The number of nitrogens with one attached hydrogen (secondary N) is 1. The third-order valence-electron chi connectivity index (χ3n) is 2.88. The van der Waals surface area contributed by atoms with Gasteiger partial charge < -0.3 is 20.1 Å². The van der Waals surface area contributed by atoms with Gasteiger partial charge >= 0.3 is 0 Å². The number of hydrogen-bond acceptors (Lipinski definition) is 4. The van der Waals surface area contributed by atoms with Crippen LogP contribution >= 0.6 is 0 Å². The van der Waals surface area contributed by atoms with Crippen LogP contribution in [0.15, 0.2) is 0 Å². The van der Waals surface area contributed by atoms with E-state index in [9.17, 15) is 9.90 Å². The molecule has 1 fully saturated rings. The molecule has 0 bridgehead atoms. The molecule has 0 atom stereocenters. The smallest absolute Gasteiger partial charge is 0.137 e. The molecule has 1 heterocycles. The van der Waals surface area contributed by atoms with Crippen molar-refractivity contribution in [3.8, 4) is 0 Å². The Morgan fingerprint density at radius 2 is 1.94 bits per heavy atom. The van der Waals surface area contributed by atoms with Gasteiger partial charge in [0.05, 0.1) is 0 Å². The Morgan fingerprint density at radius 1 is 1.38 bits per heavy atom. The van der Waals surface area contributed by atoms with Gasteiger partial charge in [-0.3, -0.25) is 4.90 Å². The van der Waals surface area contributed by atoms with Crippen LogP contribution in [-0.4, -0.2) is 60.7 Å². The minimum atomic E-state index is -1.08. The second-order valence-electron chi connectivity index (χ2n) is 5.18. The molecule has 5 heteroatoms. The van der Waals surface area contributed by atoms with Crippen LogP contribution in [0.1, 0.15) is 20.8 Å². The van der Waals surface area contributed by atoms with E-state index in [2.05, 4.69) is 10.2 Å². The lowest BCUT2D eigenvalue weighted by Gasteiger charge is -2.39. The summed E-state index contributed by atoms with van der Waals surface area (Å²) >= 11 is 0. The summed E-state index contributed by atoms with van der Waals surface area (Å²) in [5.74, 6) is 0. The average molecular weight is 228 g/mol.